The number of aromatic hydroxyl groups is 1. The minimum absolute atomic E-state index is 0.0160. The summed E-state index contributed by atoms with van der Waals surface area (Å²) in [6.45, 7) is 13.7. The summed E-state index contributed by atoms with van der Waals surface area (Å²) in [4.78, 5) is 166. The minimum Gasteiger partial charge on any atom is -0.508 e. The van der Waals surface area contributed by atoms with Gasteiger partial charge in [-0.2, -0.15) is 0 Å². The molecule has 14 atom stereocenters. The van der Waals surface area contributed by atoms with Crippen LogP contribution in [0.1, 0.15) is 160 Å². The highest BCUT2D eigenvalue weighted by molar-refractivity contribution is 8.76. The van der Waals surface area contributed by atoms with Crippen LogP contribution in [0.5, 0.6) is 5.75 Å². The second kappa shape index (κ2) is 45.6. The van der Waals surface area contributed by atoms with E-state index in [9.17, 15) is 83.4 Å². The van der Waals surface area contributed by atoms with E-state index in [0.29, 0.717) is 18.4 Å². The number of hydrazine groups is 1. The first kappa shape index (κ1) is 88.8. The molecule has 15 N–H and O–H groups in total. The highest BCUT2D eigenvalue weighted by atomic mass is 33.1. The molecule has 8 amide bonds. The Bertz CT molecular complexity index is 3060. The first-order valence-electron chi connectivity index (χ1n) is 33.9. The van der Waals surface area contributed by atoms with E-state index in [0.717, 1.165) is 52.3 Å². The number of phenols is 1. The Hall–Kier alpha value is -7.45. The second-order valence-corrected chi connectivity index (χ2v) is 29.6. The summed E-state index contributed by atoms with van der Waals surface area (Å²) >= 11 is 1.02. The number of thiazole rings is 1. The molecule has 36 heteroatoms. The Morgan fingerprint density at radius 3 is 2.05 bits per heavy atom. The average molecular weight is 1500 g/mol. The Labute approximate surface area is 605 Å². The summed E-state index contributed by atoms with van der Waals surface area (Å²) in [6.07, 6.45) is -8.22. The van der Waals surface area contributed by atoms with E-state index < -0.39 is 183 Å². The van der Waals surface area contributed by atoms with Gasteiger partial charge in [-0.15, -0.1) is 11.3 Å². The standard InChI is InChI=1S/C66H104N10O23S3/c1-11-37(6)55(72-62(92)47-14-12-13-23-75(47)10)64(93)76(34-98-54(85)26-35(2)3)48(36(4)5)29-51(99-40(9)78)63-71-45(32-100-63)61(91)68-42(28-41-16-18-43(79)19-17-41)27-39(8)59(89)73-74-66(96)97-24-25-101-102-33-46(65(94)95)70-60(90)44(69-58(88)38(7)15-22-53(83)84)20-21-52(82)67-30-49(80)56(86)57(87)50(81)31-77/h16-19,32,35-39,42,44,46-51,55-57,77,79-81,86-87H,11-15,20-31,33-34H2,1-10H3,(H,67,82)(H,68,91)(H,69,88)(H,70,90)(H,72,92)(H,73,89)(H,74,96)(H,83,84)(H,94,95)/t37?,38-,39-,42+,44-,46-,47+,48+,49-,50+,51+,55-,56+,57+/m0/s1. The number of ether oxygens (including phenoxy) is 3. The van der Waals surface area contributed by atoms with Crippen LogP contribution in [0.3, 0.4) is 0 Å². The third kappa shape index (κ3) is 31.7. The molecule has 1 aromatic heterocycles. The van der Waals surface area contributed by atoms with Gasteiger partial charge in [0, 0.05) is 80.0 Å². The number of hydrogen-bond acceptors (Lipinski definition) is 26. The molecule has 102 heavy (non-hydrogen) atoms. The van der Waals surface area contributed by atoms with Gasteiger partial charge in [-0.25, -0.2) is 20.0 Å². The Morgan fingerprint density at radius 2 is 1.44 bits per heavy atom. The number of carbonyl (C=O) groups is 12. The molecule has 2 aromatic rings. The molecule has 3 rings (SSSR count). The zero-order valence-electron chi connectivity index (χ0n) is 59.3. The maximum absolute atomic E-state index is 15.1. The van der Waals surface area contributed by atoms with Crippen molar-refractivity contribution in [1.29, 1.82) is 0 Å². The molecule has 0 saturated carbocycles. The molecule has 574 valence electrons. The SMILES string of the molecule is CCC(C)[C@H](NC(=O)[C@H]1CCCCN1C)C(=O)N(COC(=O)CC(C)C)[C@H](C[C@@H](OC(C)=O)c1nc(C(=O)N[C@@H](Cc2ccc(O)cc2)C[C@H](C)C(=O)NNC(=O)OCCSSC[C@H](NC(=O)[C@H](CCC(=O)NC[C@H](O)[C@@H](O)[C@H](O)[C@H](O)CO)NC(=O)[C@@H](C)CCC(=O)O)C(=O)O)cs1)C(C)C. The molecule has 0 radical (unpaired) electrons. The number of likely N-dealkylation sites (N-methyl/N-ethyl adjacent to an activating group) is 1. The number of likely N-dealkylation sites (tertiary alicyclic amines) is 1. The predicted octanol–water partition coefficient (Wildman–Crippen LogP) is 1.65. The number of aliphatic carboxylic acids is 2. The lowest BCUT2D eigenvalue weighted by molar-refractivity contribution is -0.161. The van der Waals surface area contributed by atoms with Gasteiger partial charge in [-0.05, 0) is 87.6 Å². The quantitative estimate of drug-likeness (QED) is 0.0112. The number of aromatic nitrogens is 1. The van der Waals surface area contributed by atoms with Gasteiger partial charge in [-0.1, -0.05) is 102 Å². The third-order valence-electron chi connectivity index (χ3n) is 16.9. The molecule has 1 fully saturated rings. The highest BCUT2D eigenvalue weighted by Crippen LogP contribution is 2.33. The van der Waals surface area contributed by atoms with Gasteiger partial charge in [-0.3, -0.25) is 58.3 Å². The first-order chi connectivity index (χ1) is 48.1. The molecular formula is C66H104N10O23S3. The van der Waals surface area contributed by atoms with Crippen molar-refractivity contribution in [1.82, 2.24) is 52.2 Å². The number of benzene rings is 1. The minimum atomic E-state index is -1.99. The molecule has 1 saturated heterocycles. The molecule has 1 aliphatic rings. The van der Waals surface area contributed by atoms with Gasteiger partial charge in [0.25, 0.3) is 5.91 Å². The number of nitrogens with zero attached hydrogens (tertiary/aromatic N) is 3. The second-order valence-electron chi connectivity index (χ2n) is 26.1. The molecule has 1 aliphatic heterocycles. The van der Waals surface area contributed by atoms with Crippen LogP contribution < -0.4 is 37.4 Å². The largest absolute Gasteiger partial charge is 0.508 e. The Balaban J connectivity index is 1.69. The molecule has 0 bridgehead atoms. The smallest absolute Gasteiger partial charge is 0.426 e. The number of nitrogens with one attached hydrogen (secondary N) is 7. The summed E-state index contributed by atoms with van der Waals surface area (Å²) in [7, 11) is 3.85. The van der Waals surface area contributed by atoms with Gasteiger partial charge in [0.05, 0.1) is 18.8 Å². The van der Waals surface area contributed by atoms with Crippen molar-refractivity contribution in [2.75, 3.05) is 51.6 Å². The summed E-state index contributed by atoms with van der Waals surface area (Å²) in [6, 6.07) is -0.00522. The van der Waals surface area contributed by atoms with Crippen LogP contribution in [0, 0.1) is 29.6 Å². The van der Waals surface area contributed by atoms with Crippen LogP contribution in [-0.4, -0.2) is 239 Å². The van der Waals surface area contributed by atoms with Crippen LogP contribution in [-0.2, 0) is 68.6 Å². The number of aliphatic hydroxyl groups excluding tert-OH is 5. The Kier molecular flexibility index (Phi) is 39.7. The van der Waals surface area contributed by atoms with Crippen LogP contribution in [0.15, 0.2) is 29.6 Å². The molecular weight excluding hydrogens is 1400 g/mol. The van der Waals surface area contributed by atoms with Crippen LogP contribution >= 0.6 is 32.9 Å². The molecule has 1 aromatic carbocycles. The van der Waals surface area contributed by atoms with Crippen molar-refractivity contribution >= 4 is 104 Å². The average Bonchev–Trinajstić information content (AvgIpc) is 1.25. The predicted molar refractivity (Wildman–Crippen MR) is 374 cm³/mol. The number of aliphatic hydroxyl groups is 5. The number of hydrogen-bond donors (Lipinski definition) is 15. The number of esters is 2. The van der Waals surface area contributed by atoms with E-state index in [4.69, 9.17) is 24.4 Å². The number of carbonyl (C=O) groups excluding carboxylic acids is 10. The molecule has 2 heterocycles. The lowest BCUT2D eigenvalue weighted by Gasteiger charge is -2.39. The maximum atomic E-state index is 15.1. The van der Waals surface area contributed by atoms with E-state index in [2.05, 4.69) is 42.4 Å². The van der Waals surface area contributed by atoms with E-state index in [1.54, 1.807) is 12.1 Å². The lowest BCUT2D eigenvalue weighted by Crippen LogP contribution is -2.59. The lowest BCUT2D eigenvalue weighted by atomic mass is 9.92. The van der Waals surface area contributed by atoms with Gasteiger partial charge >= 0.3 is 30.0 Å². The van der Waals surface area contributed by atoms with Gasteiger partial charge in [0.2, 0.25) is 35.4 Å². The summed E-state index contributed by atoms with van der Waals surface area (Å²) < 4.78 is 16.8. The number of phenolic OH excluding ortho intramolecular Hbond substituents is 1. The van der Waals surface area contributed by atoms with Crippen molar-refractivity contribution in [3.8, 4) is 5.75 Å². The fourth-order valence-electron chi connectivity index (χ4n) is 10.6. The topological polar surface area (TPSA) is 498 Å². The number of piperidine rings is 1. The fraction of sp³-hybridized carbons (Fsp3) is 0.682. The van der Waals surface area contributed by atoms with Crippen LogP contribution in [0.4, 0.5) is 4.79 Å². The number of rotatable bonds is 45. The van der Waals surface area contributed by atoms with Crippen molar-refractivity contribution in [2.45, 2.75) is 206 Å². The fourth-order valence-corrected chi connectivity index (χ4v) is 13.4. The van der Waals surface area contributed by atoms with Gasteiger partial charge in [0.15, 0.2) is 12.8 Å². The summed E-state index contributed by atoms with van der Waals surface area (Å²) in [5.41, 5.74) is 5.02. The zero-order chi connectivity index (χ0) is 76.5. The van der Waals surface area contributed by atoms with Gasteiger partial charge < -0.3 is 86.5 Å². The first-order valence-corrected chi connectivity index (χ1v) is 37.2. The number of carboxylic acid groups (broad SMARTS) is 2. The van der Waals surface area contributed by atoms with E-state index >= 15 is 4.79 Å². The van der Waals surface area contributed by atoms with Crippen molar-refractivity contribution in [3.05, 3.63) is 45.9 Å². The van der Waals surface area contributed by atoms with Crippen LogP contribution in [0.2, 0.25) is 0 Å². The number of carboxylic acids is 2. The van der Waals surface area contributed by atoms with E-state index in [1.807, 2.05) is 53.5 Å². The number of amides is 8. The van der Waals surface area contributed by atoms with Gasteiger partial charge in [0.1, 0.15) is 59.5 Å². The Morgan fingerprint density at radius 1 is 0.775 bits per heavy atom. The zero-order valence-corrected chi connectivity index (χ0v) is 61.8. The molecule has 33 nitrogen and oxygen atoms in total. The summed E-state index contributed by atoms with van der Waals surface area (Å²) in [5.74, 6) is -11.6. The van der Waals surface area contributed by atoms with Crippen molar-refractivity contribution in [3.63, 3.8) is 0 Å². The third-order valence-corrected chi connectivity index (χ3v) is 20.2. The van der Waals surface area contributed by atoms with E-state index in [1.165, 1.54) is 43.2 Å². The monoisotopic (exact) mass is 1500 g/mol. The van der Waals surface area contributed by atoms with Crippen LogP contribution in [0.25, 0.3) is 0 Å². The summed E-state index contributed by atoms with van der Waals surface area (Å²) in [5, 5.41) is 92.3. The normalized spacial score (nSPS) is 17.0. The molecule has 0 aliphatic carbocycles. The highest BCUT2D eigenvalue weighted by Gasteiger charge is 2.40. The van der Waals surface area contributed by atoms with Crippen molar-refractivity contribution < 1.29 is 113 Å². The molecule has 1 unspecified atom stereocenters. The maximum Gasteiger partial charge on any atom is 0.426 e. The van der Waals surface area contributed by atoms with Crippen molar-refractivity contribution in [2.24, 2.45) is 29.6 Å². The molecule has 0 spiro atoms. The van der Waals surface area contributed by atoms with E-state index in [-0.39, 0.29) is 90.3 Å².